The Bertz CT molecular complexity index is 952. The van der Waals surface area contributed by atoms with Gasteiger partial charge in [-0.25, -0.2) is 14.5 Å². The first-order chi connectivity index (χ1) is 13.6. The largest absolute Gasteiger partial charge is 0.450 e. The number of nitrogens with one attached hydrogen (secondary N) is 2. The van der Waals surface area contributed by atoms with E-state index >= 15 is 0 Å². The van der Waals surface area contributed by atoms with E-state index in [2.05, 4.69) is 20.7 Å². The van der Waals surface area contributed by atoms with Crippen LogP contribution in [-0.2, 0) is 11.2 Å². The molecule has 3 rings (SSSR count). The molecule has 2 amide bonds. The number of ether oxygens (including phenoxy) is 1. The van der Waals surface area contributed by atoms with Crippen molar-refractivity contribution < 1.29 is 14.3 Å². The molecule has 0 aliphatic rings. The molecule has 3 aromatic rings. The van der Waals surface area contributed by atoms with E-state index in [9.17, 15) is 9.59 Å². The van der Waals surface area contributed by atoms with Gasteiger partial charge < -0.3 is 10.1 Å². The highest BCUT2D eigenvalue weighted by atomic mass is 16.5. The first-order valence-electron chi connectivity index (χ1n) is 8.95. The zero-order valence-corrected chi connectivity index (χ0v) is 15.7. The summed E-state index contributed by atoms with van der Waals surface area (Å²) in [6.07, 6.45) is 3.33. The maximum atomic E-state index is 12.7. The normalized spacial score (nSPS) is 10.4. The minimum atomic E-state index is -0.520. The molecule has 8 heteroatoms. The van der Waals surface area contributed by atoms with Gasteiger partial charge in [-0.2, -0.15) is 5.10 Å². The Kier molecular flexibility index (Phi) is 6.01. The minimum absolute atomic E-state index is 0.259. The SMILES string of the molecule is CCOC(=O)Nc1ccc(NC(=O)c2cnn(-c3ccccn3)c2CC)cc1. The second kappa shape index (κ2) is 8.81. The van der Waals surface area contributed by atoms with E-state index in [-0.39, 0.29) is 5.91 Å². The van der Waals surface area contributed by atoms with E-state index in [1.54, 1.807) is 48.3 Å². The third-order valence-electron chi connectivity index (χ3n) is 3.98. The van der Waals surface area contributed by atoms with Crippen LogP contribution < -0.4 is 10.6 Å². The number of hydrogen-bond acceptors (Lipinski definition) is 5. The molecule has 28 heavy (non-hydrogen) atoms. The zero-order valence-electron chi connectivity index (χ0n) is 15.7. The predicted molar refractivity (Wildman–Crippen MR) is 106 cm³/mol. The van der Waals surface area contributed by atoms with E-state index in [1.807, 2.05) is 25.1 Å². The number of carbonyl (C=O) groups excluding carboxylic acids is 2. The molecule has 0 bridgehead atoms. The Morgan fingerprint density at radius 3 is 2.36 bits per heavy atom. The number of aromatic nitrogens is 3. The van der Waals surface area contributed by atoms with Gasteiger partial charge in [-0.05, 0) is 49.7 Å². The summed E-state index contributed by atoms with van der Waals surface area (Å²) < 4.78 is 6.50. The summed E-state index contributed by atoms with van der Waals surface area (Å²) in [7, 11) is 0. The van der Waals surface area contributed by atoms with E-state index in [0.29, 0.717) is 35.8 Å². The molecule has 0 fully saturated rings. The van der Waals surface area contributed by atoms with E-state index in [4.69, 9.17) is 4.74 Å². The lowest BCUT2D eigenvalue weighted by Gasteiger charge is -2.09. The minimum Gasteiger partial charge on any atom is -0.450 e. The molecule has 2 N–H and O–H groups in total. The van der Waals surface area contributed by atoms with Gasteiger partial charge in [0.1, 0.15) is 0 Å². The molecule has 2 aromatic heterocycles. The Labute approximate surface area is 162 Å². The maximum absolute atomic E-state index is 12.7. The number of pyridine rings is 1. The van der Waals surface area contributed by atoms with Crippen molar-refractivity contribution in [3.8, 4) is 5.82 Å². The van der Waals surface area contributed by atoms with Gasteiger partial charge in [-0.1, -0.05) is 13.0 Å². The molecule has 1 aromatic carbocycles. The second-order valence-electron chi connectivity index (χ2n) is 5.84. The molecule has 2 heterocycles. The molecule has 0 aliphatic carbocycles. The first kappa shape index (κ1) is 19.1. The maximum Gasteiger partial charge on any atom is 0.411 e. The molecular weight excluding hydrogens is 358 g/mol. The average Bonchev–Trinajstić information content (AvgIpc) is 3.14. The fraction of sp³-hybridized carbons (Fsp3) is 0.200. The van der Waals surface area contributed by atoms with Crippen molar-refractivity contribution in [3.05, 3.63) is 66.1 Å². The number of carbonyl (C=O) groups is 2. The Morgan fingerprint density at radius 1 is 1.04 bits per heavy atom. The summed E-state index contributed by atoms with van der Waals surface area (Å²) in [5, 5.41) is 9.76. The second-order valence-corrected chi connectivity index (χ2v) is 5.84. The van der Waals surface area contributed by atoms with Crippen molar-refractivity contribution in [2.45, 2.75) is 20.3 Å². The summed E-state index contributed by atoms with van der Waals surface area (Å²) in [5.41, 5.74) is 2.44. The standard InChI is InChI=1S/C20H21N5O3/c1-3-17-16(13-22-25(17)18-7-5-6-12-21-18)19(26)23-14-8-10-15(11-9-14)24-20(27)28-4-2/h5-13H,3-4H2,1-2H3,(H,23,26)(H,24,27). The van der Waals surface area contributed by atoms with Crippen LogP contribution in [0.15, 0.2) is 54.9 Å². The Hall–Kier alpha value is -3.68. The van der Waals surface area contributed by atoms with Crippen LogP contribution in [0.2, 0.25) is 0 Å². The molecule has 0 radical (unpaired) electrons. The van der Waals surface area contributed by atoms with Crippen molar-refractivity contribution in [2.24, 2.45) is 0 Å². The molecule has 144 valence electrons. The fourth-order valence-corrected chi connectivity index (χ4v) is 2.70. The van der Waals surface area contributed by atoms with Gasteiger partial charge in [0, 0.05) is 17.6 Å². The van der Waals surface area contributed by atoms with E-state index in [1.165, 1.54) is 0 Å². The van der Waals surface area contributed by atoms with Crippen LogP contribution in [0.1, 0.15) is 29.9 Å². The number of amides is 2. The number of anilines is 2. The first-order valence-corrected chi connectivity index (χ1v) is 8.95. The topological polar surface area (TPSA) is 98.1 Å². The fourth-order valence-electron chi connectivity index (χ4n) is 2.70. The van der Waals surface area contributed by atoms with Gasteiger partial charge in [0.05, 0.1) is 24.1 Å². The van der Waals surface area contributed by atoms with Crippen molar-refractivity contribution in [1.29, 1.82) is 0 Å². The van der Waals surface area contributed by atoms with Crippen LogP contribution in [-0.4, -0.2) is 33.4 Å². The zero-order chi connectivity index (χ0) is 19.9. The lowest BCUT2D eigenvalue weighted by atomic mass is 10.2. The van der Waals surface area contributed by atoms with E-state index in [0.717, 1.165) is 5.69 Å². The lowest BCUT2D eigenvalue weighted by molar-refractivity contribution is 0.102. The highest BCUT2D eigenvalue weighted by molar-refractivity contribution is 6.05. The van der Waals surface area contributed by atoms with Gasteiger partial charge in [0.25, 0.3) is 5.91 Å². The van der Waals surface area contributed by atoms with E-state index < -0.39 is 6.09 Å². The summed E-state index contributed by atoms with van der Waals surface area (Å²) in [4.78, 5) is 28.4. The summed E-state index contributed by atoms with van der Waals surface area (Å²) >= 11 is 0. The summed E-state index contributed by atoms with van der Waals surface area (Å²) in [6, 6.07) is 12.3. The summed E-state index contributed by atoms with van der Waals surface area (Å²) in [6.45, 7) is 3.99. The third kappa shape index (κ3) is 4.35. The number of nitrogens with zero attached hydrogens (tertiary/aromatic N) is 3. The molecule has 0 saturated carbocycles. The number of hydrogen-bond donors (Lipinski definition) is 2. The quantitative estimate of drug-likeness (QED) is 0.681. The molecular formula is C20H21N5O3. The van der Waals surface area contributed by atoms with Crippen LogP contribution >= 0.6 is 0 Å². The van der Waals surface area contributed by atoms with Crippen molar-refractivity contribution in [1.82, 2.24) is 14.8 Å². The van der Waals surface area contributed by atoms with Crippen molar-refractivity contribution in [3.63, 3.8) is 0 Å². The molecule has 0 aliphatic heterocycles. The molecule has 0 atom stereocenters. The van der Waals surface area contributed by atoms with Crippen LogP contribution in [0.3, 0.4) is 0 Å². The average molecular weight is 379 g/mol. The van der Waals surface area contributed by atoms with Gasteiger partial charge >= 0.3 is 6.09 Å². The van der Waals surface area contributed by atoms with Crippen LogP contribution in [0.5, 0.6) is 0 Å². The smallest absolute Gasteiger partial charge is 0.411 e. The van der Waals surface area contributed by atoms with Gasteiger partial charge in [-0.15, -0.1) is 0 Å². The van der Waals surface area contributed by atoms with Gasteiger partial charge in [-0.3, -0.25) is 10.1 Å². The predicted octanol–water partition coefficient (Wildman–Crippen LogP) is 3.65. The van der Waals surface area contributed by atoms with Crippen LogP contribution in [0.25, 0.3) is 5.82 Å². The highest BCUT2D eigenvalue weighted by Crippen LogP contribution is 2.18. The molecule has 0 unspecified atom stereocenters. The monoisotopic (exact) mass is 379 g/mol. The van der Waals surface area contributed by atoms with Crippen molar-refractivity contribution >= 4 is 23.4 Å². The Balaban J connectivity index is 1.73. The van der Waals surface area contributed by atoms with Crippen molar-refractivity contribution in [2.75, 3.05) is 17.2 Å². The van der Waals surface area contributed by atoms with Gasteiger partial charge in [0.2, 0.25) is 0 Å². The number of rotatable bonds is 6. The Morgan fingerprint density at radius 2 is 1.75 bits per heavy atom. The number of benzene rings is 1. The molecule has 8 nitrogen and oxygen atoms in total. The third-order valence-corrected chi connectivity index (χ3v) is 3.98. The molecule has 0 spiro atoms. The molecule has 0 saturated heterocycles. The van der Waals surface area contributed by atoms with Gasteiger partial charge in [0.15, 0.2) is 5.82 Å². The van der Waals surface area contributed by atoms with Crippen LogP contribution in [0.4, 0.5) is 16.2 Å². The summed E-state index contributed by atoms with van der Waals surface area (Å²) in [5.74, 6) is 0.401. The lowest BCUT2D eigenvalue weighted by Crippen LogP contribution is -2.15. The highest BCUT2D eigenvalue weighted by Gasteiger charge is 2.17. The van der Waals surface area contributed by atoms with Crippen LogP contribution in [0, 0.1) is 0 Å².